The second kappa shape index (κ2) is 10.0. The molecule has 0 spiro atoms. The highest BCUT2D eigenvalue weighted by Crippen LogP contribution is 2.28. The fraction of sp³-hybridized carbons (Fsp3) is 0.480. The molecule has 2 fully saturated rings. The number of benzene rings is 2. The molecule has 2 aromatic rings. The van der Waals surface area contributed by atoms with Crippen molar-refractivity contribution in [3.05, 3.63) is 71.8 Å². The van der Waals surface area contributed by atoms with E-state index >= 15 is 0 Å². The van der Waals surface area contributed by atoms with Crippen molar-refractivity contribution in [2.75, 3.05) is 39.3 Å². The minimum Gasteiger partial charge on any atom is -0.340 e. The predicted molar refractivity (Wildman–Crippen MR) is 118 cm³/mol. The third-order valence-electron chi connectivity index (χ3n) is 6.40. The summed E-state index contributed by atoms with van der Waals surface area (Å²) in [5, 5.41) is 3.64. The summed E-state index contributed by atoms with van der Waals surface area (Å²) in [5.41, 5.74) is 2.43. The summed E-state index contributed by atoms with van der Waals surface area (Å²) in [6.45, 7) is 5.96. The van der Waals surface area contributed by atoms with Crippen LogP contribution < -0.4 is 5.32 Å². The molecule has 0 saturated carbocycles. The number of hydrogen-bond donors (Lipinski definition) is 1. The zero-order valence-electron chi connectivity index (χ0n) is 17.3. The summed E-state index contributed by atoms with van der Waals surface area (Å²) in [7, 11) is 0. The normalized spacial score (nSPS) is 20.7. The van der Waals surface area contributed by atoms with Crippen molar-refractivity contribution in [2.45, 2.75) is 37.6 Å². The van der Waals surface area contributed by atoms with Crippen LogP contribution in [-0.2, 0) is 4.79 Å². The third kappa shape index (κ3) is 5.46. The van der Waals surface area contributed by atoms with Crippen LogP contribution in [0.1, 0.15) is 42.7 Å². The van der Waals surface area contributed by atoms with Crippen LogP contribution in [0.25, 0.3) is 0 Å². The van der Waals surface area contributed by atoms with Gasteiger partial charge in [0.25, 0.3) is 0 Å². The van der Waals surface area contributed by atoms with Crippen molar-refractivity contribution < 1.29 is 4.79 Å². The first-order chi connectivity index (χ1) is 14.3. The third-order valence-corrected chi connectivity index (χ3v) is 6.40. The van der Waals surface area contributed by atoms with Crippen LogP contribution in [0.5, 0.6) is 0 Å². The van der Waals surface area contributed by atoms with E-state index in [1.165, 1.54) is 30.4 Å². The van der Waals surface area contributed by atoms with E-state index < -0.39 is 0 Å². The van der Waals surface area contributed by atoms with Crippen molar-refractivity contribution in [1.29, 1.82) is 0 Å². The smallest absolute Gasteiger partial charge is 0.223 e. The van der Waals surface area contributed by atoms with Crippen LogP contribution in [0, 0.1) is 0 Å². The van der Waals surface area contributed by atoms with Gasteiger partial charge < -0.3 is 10.2 Å². The number of piperidine rings is 1. The standard InChI is InChI=1S/C25H33N3O/c29-25(28-17-15-27(16-18-28)20-23-13-7-8-14-26-23)19-24(21-9-3-1-4-10-21)22-11-5-2-6-12-22/h1-6,9-12,23-24,26H,7-8,13-20H2. The molecule has 2 aromatic carbocycles. The Labute approximate surface area is 174 Å². The zero-order chi connectivity index (χ0) is 19.9. The monoisotopic (exact) mass is 391 g/mol. The topological polar surface area (TPSA) is 35.6 Å². The number of carbonyl (C=O) groups is 1. The maximum absolute atomic E-state index is 13.1. The van der Waals surface area contributed by atoms with Crippen LogP contribution in [0.4, 0.5) is 0 Å². The number of carbonyl (C=O) groups excluding carboxylic acids is 1. The minimum absolute atomic E-state index is 0.120. The highest BCUT2D eigenvalue weighted by Gasteiger charge is 2.26. The van der Waals surface area contributed by atoms with Gasteiger partial charge in [-0.25, -0.2) is 0 Å². The lowest BCUT2D eigenvalue weighted by atomic mass is 9.88. The summed E-state index contributed by atoms with van der Waals surface area (Å²) < 4.78 is 0. The van der Waals surface area contributed by atoms with Gasteiger partial charge in [0.05, 0.1) is 0 Å². The lowest BCUT2D eigenvalue weighted by Gasteiger charge is -2.38. The molecule has 1 amide bonds. The summed E-state index contributed by atoms with van der Waals surface area (Å²) >= 11 is 0. The van der Waals surface area contributed by atoms with E-state index in [2.05, 4.69) is 63.6 Å². The Bertz CT molecular complexity index is 711. The van der Waals surface area contributed by atoms with Gasteiger partial charge in [0, 0.05) is 51.1 Å². The number of hydrogen-bond acceptors (Lipinski definition) is 3. The number of nitrogens with zero attached hydrogens (tertiary/aromatic N) is 2. The largest absolute Gasteiger partial charge is 0.340 e. The first-order valence-electron chi connectivity index (χ1n) is 11.1. The number of amides is 1. The molecule has 0 bridgehead atoms. The molecule has 0 radical (unpaired) electrons. The Hall–Kier alpha value is -2.17. The van der Waals surface area contributed by atoms with Crippen LogP contribution >= 0.6 is 0 Å². The van der Waals surface area contributed by atoms with E-state index in [-0.39, 0.29) is 11.8 Å². The maximum Gasteiger partial charge on any atom is 0.223 e. The first kappa shape index (κ1) is 20.1. The summed E-state index contributed by atoms with van der Waals surface area (Å²) in [4.78, 5) is 17.7. The molecule has 4 heteroatoms. The molecule has 2 aliphatic heterocycles. The van der Waals surface area contributed by atoms with Crippen LogP contribution in [0.3, 0.4) is 0 Å². The molecule has 0 aliphatic carbocycles. The van der Waals surface area contributed by atoms with Gasteiger partial charge in [0.2, 0.25) is 5.91 Å². The Kier molecular flexibility index (Phi) is 6.96. The average molecular weight is 392 g/mol. The van der Waals surface area contributed by atoms with E-state index in [9.17, 15) is 4.79 Å². The molecule has 29 heavy (non-hydrogen) atoms. The van der Waals surface area contributed by atoms with Crippen molar-refractivity contribution in [2.24, 2.45) is 0 Å². The van der Waals surface area contributed by atoms with Gasteiger partial charge in [0.1, 0.15) is 0 Å². The average Bonchev–Trinajstić information content (AvgIpc) is 2.80. The molecule has 2 saturated heterocycles. The first-order valence-corrected chi connectivity index (χ1v) is 11.1. The van der Waals surface area contributed by atoms with E-state index in [4.69, 9.17) is 0 Å². The predicted octanol–water partition coefficient (Wildman–Crippen LogP) is 3.49. The second-order valence-corrected chi connectivity index (χ2v) is 8.41. The molecule has 4 nitrogen and oxygen atoms in total. The molecule has 1 unspecified atom stereocenters. The fourth-order valence-electron chi connectivity index (χ4n) is 4.67. The van der Waals surface area contributed by atoms with Crippen molar-refractivity contribution in [3.63, 3.8) is 0 Å². The van der Waals surface area contributed by atoms with Crippen molar-refractivity contribution in [3.8, 4) is 0 Å². The van der Waals surface area contributed by atoms with Crippen molar-refractivity contribution in [1.82, 2.24) is 15.1 Å². The second-order valence-electron chi connectivity index (χ2n) is 8.41. The van der Waals surface area contributed by atoms with E-state index in [1.54, 1.807) is 0 Å². The van der Waals surface area contributed by atoms with Crippen LogP contribution in [0.15, 0.2) is 60.7 Å². The number of rotatable bonds is 6. The summed E-state index contributed by atoms with van der Waals surface area (Å²) in [5.74, 6) is 0.396. The zero-order valence-corrected chi connectivity index (χ0v) is 17.3. The number of nitrogens with one attached hydrogen (secondary N) is 1. The summed E-state index contributed by atoms with van der Waals surface area (Å²) in [6.07, 6.45) is 4.48. The molecule has 4 rings (SSSR count). The quantitative estimate of drug-likeness (QED) is 0.819. The minimum atomic E-state index is 0.120. The fourth-order valence-corrected chi connectivity index (χ4v) is 4.67. The van der Waals surface area contributed by atoms with Gasteiger partial charge in [-0.15, -0.1) is 0 Å². The molecule has 1 N–H and O–H groups in total. The molecule has 2 aliphatic rings. The van der Waals surface area contributed by atoms with Crippen molar-refractivity contribution >= 4 is 5.91 Å². The molecular formula is C25H33N3O. The molecule has 2 heterocycles. The van der Waals surface area contributed by atoms with Gasteiger partial charge in [-0.3, -0.25) is 9.69 Å². The Morgan fingerprint density at radius 1 is 0.897 bits per heavy atom. The SMILES string of the molecule is O=C(CC(c1ccccc1)c1ccccc1)N1CCN(CC2CCCCN2)CC1. The van der Waals surface area contributed by atoms with Crippen LogP contribution in [-0.4, -0.2) is 61.0 Å². The highest BCUT2D eigenvalue weighted by molar-refractivity contribution is 5.78. The Morgan fingerprint density at radius 3 is 2.07 bits per heavy atom. The molecule has 0 aromatic heterocycles. The Balaban J connectivity index is 1.35. The van der Waals surface area contributed by atoms with Gasteiger partial charge in [-0.1, -0.05) is 67.1 Å². The van der Waals surface area contributed by atoms with E-state index in [1.807, 2.05) is 12.1 Å². The van der Waals surface area contributed by atoms with E-state index in [0.717, 1.165) is 39.3 Å². The lowest BCUT2D eigenvalue weighted by Crippen LogP contribution is -2.52. The molecule has 154 valence electrons. The highest BCUT2D eigenvalue weighted by atomic mass is 16.2. The van der Waals surface area contributed by atoms with Gasteiger partial charge in [-0.05, 0) is 30.5 Å². The summed E-state index contributed by atoms with van der Waals surface area (Å²) in [6, 6.07) is 21.5. The molecular weight excluding hydrogens is 358 g/mol. The number of piperazine rings is 1. The van der Waals surface area contributed by atoms with Gasteiger partial charge in [0.15, 0.2) is 0 Å². The van der Waals surface area contributed by atoms with Gasteiger partial charge >= 0.3 is 0 Å². The Morgan fingerprint density at radius 2 is 1.52 bits per heavy atom. The lowest BCUT2D eigenvalue weighted by molar-refractivity contribution is -0.133. The van der Waals surface area contributed by atoms with Gasteiger partial charge in [-0.2, -0.15) is 0 Å². The van der Waals surface area contributed by atoms with Crippen LogP contribution in [0.2, 0.25) is 0 Å². The van der Waals surface area contributed by atoms with E-state index in [0.29, 0.717) is 12.5 Å². The molecule has 1 atom stereocenters. The maximum atomic E-state index is 13.1.